The van der Waals surface area contributed by atoms with Crippen molar-refractivity contribution in [2.75, 3.05) is 26.3 Å². The zero-order valence-corrected chi connectivity index (χ0v) is 6.48. The van der Waals surface area contributed by atoms with Crippen LogP contribution in [0.25, 0.3) is 0 Å². The number of hydrogen-bond donors (Lipinski definition) is 1. The van der Waals surface area contributed by atoms with E-state index in [1.807, 2.05) is 0 Å². The largest absolute Gasteiger partial charge is 0.336 e. The Morgan fingerprint density at radius 2 is 2.36 bits per heavy atom. The van der Waals surface area contributed by atoms with Gasteiger partial charge in [0, 0.05) is 19.6 Å². The van der Waals surface area contributed by atoms with Gasteiger partial charge in [-0.25, -0.2) is 4.79 Å². The Balaban J connectivity index is 2.10. The average Bonchev–Trinajstić information content (AvgIpc) is 2.37. The summed E-state index contributed by atoms with van der Waals surface area (Å²) in [6, 6.07) is -0.0103. The third kappa shape index (κ3) is 2.37. The number of nitrogens with one attached hydrogen (secondary N) is 1. The highest BCUT2D eigenvalue weighted by Gasteiger charge is 2.17. The van der Waals surface area contributed by atoms with Crippen LogP contribution in [0.1, 0.15) is 12.8 Å². The van der Waals surface area contributed by atoms with Crippen molar-refractivity contribution in [1.82, 2.24) is 10.2 Å². The average molecular weight is 160 g/mol. The van der Waals surface area contributed by atoms with Crippen molar-refractivity contribution in [3.63, 3.8) is 0 Å². The summed E-state index contributed by atoms with van der Waals surface area (Å²) in [6.07, 6.45) is 1.33. The fraction of sp³-hybridized carbons (Fsp3) is 0.857. The summed E-state index contributed by atoms with van der Waals surface area (Å²) in [6.45, 7) is 1.91. The van der Waals surface area contributed by atoms with E-state index in [4.69, 9.17) is 0 Å². The number of hydrogen-bond acceptors (Lipinski definition) is 1. The van der Waals surface area contributed by atoms with Crippen LogP contribution in [0, 0.1) is 0 Å². The summed E-state index contributed by atoms with van der Waals surface area (Å²) in [4.78, 5) is 12.6. The first-order chi connectivity index (χ1) is 5.34. The highest BCUT2D eigenvalue weighted by molar-refractivity contribution is 5.76. The van der Waals surface area contributed by atoms with Crippen molar-refractivity contribution in [1.29, 1.82) is 0 Å². The van der Waals surface area contributed by atoms with Gasteiger partial charge in [0.15, 0.2) is 0 Å². The third-order valence-corrected chi connectivity index (χ3v) is 1.76. The van der Waals surface area contributed by atoms with Crippen molar-refractivity contribution < 1.29 is 9.18 Å². The van der Waals surface area contributed by atoms with E-state index in [2.05, 4.69) is 5.32 Å². The minimum atomic E-state index is -0.282. The molecule has 1 saturated heterocycles. The Hall–Kier alpha value is -0.800. The lowest BCUT2D eigenvalue weighted by Crippen LogP contribution is -2.28. The number of rotatable bonds is 4. The van der Waals surface area contributed by atoms with Gasteiger partial charge < -0.3 is 10.2 Å². The zero-order valence-electron chi connectivity index (χ0n) is 6.48. The first-order valence-electron chi connectivity index (χ1n) is 3.93. The number of amides is 2. The lowest BCUT2D eigenvalue weighted by Gasteiger charge is -2.12. The minimum Gasteiger partial charge on any atom is -0.336 e. The van der Waals surface area contributed by atoms with Gasteiger partial charge in [-0.05, 0) is 12.8 Å². The molecule has 1 aliphatic heterocycles. The summed E-state index contributed by atoms with van der Waals surface area (Å²) in [5.41, 5.74) is 0. The van der Waals surface area contributed by atoms with Crippen LogP contribution in [0.4, 0.5) is 9.18 Å². The van der Waals surface area contributed by atoms with Gasteiger partial charge in [0.05, 0.1) is 6.67 Å². The van der Waals surface area contributed by atoms with Crippen molar-refractivity contribution >= 4 is 6.03 Å². The summed E-state index contributed by atoms with van der Waals surface area (Å²) in [5, 5.41) is 2.69. The molecule has 0 saturated carbocycles. The second-order valence-electron chi connectivity index (χ2n) is 2.62. The number of alkyl halides is 1. The highest BCUT2D eigenvalue weighted by atomic mass is 19.1. The fourth-order valence-corrected chi connectivity index (χ4v) is 1.12. The van der Waals surface area contributed by atoms with Gasteiger partial charge in [0.2, 0.25) is 0 Å². The van der Waals surface area contributed by atoms with Crippen LogP contribution in [0.2, 0.25) is 0 Å². The third-order valence-electron chi connectivity index (χ3n) is 1.76. The zero-order chi connectivity index (χ0) is 8.10. The predicted octanol–water partition coefficient (Wildman–Crippen LogP) is 0.761. The fourth-order valence-electron chi connectivity index (χ4n) is 1.12. The Kier molecular flexibility index (Phi) is 3.14. The van der Waals surface area contributed by atoms with Crippen LogP contribution < -0.4 is 5.32 Å². The molecule has 0 bridgehead atoms. The van der Waals surface area contributed by atoms with Crippen molar-refractivity contribution in [3.05, 3.63) is 0 Å². The van der Waals surface area contributed by atoms with Gasteiger partial charge in [0.1, 0.15) is 0 Å². The summed E-state index contributed by atoms with van der Waals surface area (Å²) < 4.78 is 11.6. The monoisotopic (exact) mass is 160 g/mol. The summed E-state index contributed by atoms with van der Waals surface area (Å²) in [7, 11) is 0. The lowest BCUT2D eigenvalue weighted by molar-refractivity contribution is 0.216. The van der Waals surface area contributed by atoms with Crippen molar-refractivity contribution in [2.24, 2.45) is 0 Å². The molecular weight excluding hydrogens is 147 g/mol. The van der Waals surface area contributed by atoms with Gasteiger partial charge >= 0.3 is 6.03 Å². The summed E-state index contributed by atoms with van der Waals surface area (Å²) in [5.74, 6) is 0. The molecule has 0 aliphatic carbocycles. The molecule has 11 heavy (non-hydrogen) atoms. The van der Waals surface area contributed by atoms with Crippen LogP contribution in [0.3, 0.4) is 0 Å². The SMILES string of the molecule is O=C1NCCN1CCCCF. The molecule has 0 unspecified atom stereocenters. The Labute approximate surface area is 65.6 Å². The Morgan fingerprint density at radius 3 is 2.91 bits per heavy atom. The molecule has 1 heterocycles. The van der Waals surface area contributed by atoms with Crippen molar-refractivity contribution in [2.45, 2.75) is 12.8 Å². The molecule has 2 amide bonds. The number of carbonyl (C=O) groups is 1. The van der Waals surface area contributed by atoms with Gasteiger partial charge in [-0.1, -0.05) is 0 Å². The van der Waals surface area contributed by atoms with E-state index in [9.17, 15) is 9.18 Å². The second kappa shape index (κ2) is 4.16. The normalized spacial score (nSPS) is 17.2. The predicted molar refractivity (Wildman–Crippen MR) is 40.2 cm³/mol. The number of unbranched alkanes of at least 4 members (excludes halogenated alkanes) is 1. The van der Waals surface area contributed by atoms with Gasteiger partial charge in [-0.15, -0.1) is 0 Å². The minimum absolute atomic E-state index is 0.0103. The van der Waals surface area contributed by atoms with E-state index in [0.717, 1.165) is 19.5 Å². The van der Waals surface area contributed by atoms with Gasteiger partial charge in [-0.3, -0.25) is 4.39 Å². The molecule has 64 valence electrons. The lowest BCUT2D eigenvalue weighted by atomic mass is 10.3. The maximum Gasteiger partial charge on any atom is 0.317 e. The highest BCUT2D eigenvalue weighted by Crippen LogP contribution is 1.99. The molecule has 0 aromatic heterocycles. The maximum atomic E-state index is 11.6. The molecular formula is C7H13FN2O. The molecule has 0 atom stereocenters. The van der Waals surface area contributed by atoms with Gasteiger partial charge in [0.25, 0.3) is 0 Å². The van der Waals surface area contributed by atoms with Crippen LogP contribution >= 0.6 is 0 Å². The van der Waals surface area contributed by atoms with E-state index in [1.165, 1.54) is 0 Å². The van der Waals surface area contributed by atoms with Crippen LogP contribution in [0.5, 0.6) is 0 Å². The second-order valence-corrected chi connectivity index (χ2v) is 2.62. The van der Waals surface area contributed by atoms with E-state index in [0.29, 0.717) is 13.0 Å². The van der Waals surface area contributed by atoms with E-state index >= 15 is 0 Å². The van der Waals surface area contributed by atoms with Crippen LogP contribution in [-0.4, -0.2) is 37.2 Å². The molecule has 1 fully saturated rings. The molecule has 0 aromatic carbocycles. The summed E-state index contributed by atoms with van der Waals surface area (Å²) >= 11 is 0. The van der Waals surface area contributed by atoms with Gasteiger partial charge in [-0.2, -0.15) is 0 Å². The molecule has 1 aliphatic rings. The van der Waals surface area contributed by atoms with E-state index in [-0.39, 0.29) is 12.7 Å². The smallest absolute Gasteiger partial charge is 0.317 e. The number of halogens is 1. The molecule has 0 aromatic rings. The first-order valence-corrected chi connectivity index (χ1v) is 3.93. The van der Waals surface area contributed by atoms with Crippen LogP contribution in [0.15, 0.2) is 0 Å². The maximum absolute atomic E-state index is 11.6. The molecule has 4 heteroatoms. The van der Waals surface area contributed by atoms with Crippen molar-refractivity contribution in [3.8, 4) is 0 Å². The topological polar surface area (TPSA) is 32.3 Å². The molecule has 0 spiro atoms. The number of urea groups is 1. The molecule has 0 radical (unpaired) electrons. The molecule has 1 rings (SSSR count). The Morgan fingerprint density at radius 1 is 1.55 bits per heavy atom. The van der Waals surface area contributed by atoms with E-state index < -0.39 is 0 Å². The quantitative estimate of drug-likeness (QED) is 0.605. The van der Waals surface area contributed by atoms with E-state index in [1.54, 1.807) is 4.90 Å². The number of carbonyl (C=O) groups excluding carboxylic acids is 1. The molecule has 3 nitrogen and oxygen atoms in total. The standard InChI is InChI=1S/C7H13FN2O/c8-3-1-2-5-10-6-4-9-7(10)11/h1-6H2,(H,9,11). The number of nitrogens with zero attached hydrogens (tertiary/aromatic N) is 1. The van der Waals surface area contributed by atoms with Crippen LogP contribution in [-0.2, 0) is 0 Å². The molecule has 1 N–H and O–H groups in total. The Bertz CT molecular complexity index is 140. The first kappa shape index (κ1) is 8.30.